The first-order valence-electron chi connectivity index (χ1n) is 9.01. The third-order valence-electron chi connectivity index (χ3n) is 4.01. The molecule has 2 aromatic carbocycles. The van der Waals surface area contributed by atoms with E-state index in [1.165, 1.54) is 11.8 Å². The van der Waals surface area contributed by atoms with E-state index in [0.717, 1.165) is 5.56 Å². The number of benzene rings is 2. The van der Waals surface area contributed by atoms with Gasteiger partial charge in [-0.05, 0) is 29.8 Å². The molecule has 0 atom stereocenters. The van der Waals surface area contributed by atoms with Gasteiger partial charge < -0.3 is 20.7 Å². The first-order chi connectivity index (χ1) is 13.9. The van der Waals surface area contributed by atoms with Crippen LogP contribution >= 0.6 is 0 Å². The fourth-order valence-corrected chi connectivity index (χ4v) is 2.50. The molecule has 29 heavy (non-hydrogen) atoms. The number of hydrogen-bond donors (Lipinski definition) is 2. The van der Waals surface area contributed by atoms with E-state index in [-0.39, 0.29) is 24.4 Å². The minimum Gasteiger partial charge on any atom is -0.452 e. The van der Waals surface area contributed by atoms with Crippen molar-refractivity contribution in [3.8, 4) is 0 Å². The van der Waals surface area contributed by atoms with E-state index in [1.54, 1.807) is 54.6 Å². The Labute approximate surface area is 168 Å². The normalized spacial score (nSPS) is 10.1. The molecule has 152 valence electrons. The second-order valence-electron chi connectivity index (χ2n) is 6.28. The molecule has 3 amide bonds. The Morgan fingerprint density at radius 1 is 1.00 bits per heavy atom. The van der Waals surface area contributed by atoms with Crippen molar-refractivity contribution in [2.75, 3.05) is 18.1 Å². The van der Waals surface area contributed by atoms with Crippen LogP contribution in [-0.4, -0.2) is 36.8 Å². The number of nitrogens with zero attached hydrogens (tertiary/aromatic N) is 1. The van der Waals surface area contributed by atoms with E-state index in [2.05, 4.69) is 5.32 Å². The number of hydrogen-bond acceptors (Lipinski definition) is 5. The molecule has 3 N–H and O–H groups in total. The van der Waals surface area contributed by atoms with Crippen LogP contribution in [0.2, 0.25) is 0 Å². The van der Waals surface area contributed by atoms with Crippen LogP contribution in [-0.2, 0) is 25.7 Å². The first-order valence-corrected chi connectivity index (χ1v) is 9.01. The topological polar surface area (TPSA) is 119 Å². The quantitative estimate of drug-likeness (QED) is 0.620. The molecule has 0 saturated heterocycles. The van der Waals surface area contributed by atoms with Gasteiger partial charge in [0, 0.05) is 32.1 Å². The molecular weight excluding hydrogens is 374 g/mol. The van der Waals surface area contributed by atoms with Crippen molar-refractivity contribution in [1.82, 2.24) is 5.32 Å². The number of ether oxygens (including phenoxy) is 1. The molecule has 2 rings (SSSR count). The summed E-state index contributed by atoms with van der Waals surface area (Å²) in [4.78, 5) is 48.2. The van der Waals surface area contributed by atoms with E-state index < -0.39 is 24.4 Å². The summed E-state index contributed by atoms with van der Waals surface area (Å²) < 4.78 is 5.12. The lowest BCUT2D eigenvalue weighted by molar-refractivity contribution is -0.122. The Kier molecular flexibility index (Phi) is 7.90. The number of nitrogens with two attached hydrogens (primary N) is 1. The lowest BCUT2D eigenvalue weighted by Crippen LogP contribution is -2.37. The molecule has 0 bridgehead atoms. The summed E-state index contributed by atoms with van der Waals surface area (Å²) in [7, 11) is 0. The van der Waals surface area contributed by atoms with Gasteiger partial charge in [-0.15, -0.1) is 0 Å². The Hall–Kier alpha value is -3.68. The van der Waals surface area contributed by atoms with Crippen LogP contribution in [0.4, 0.5) is 5.69 Å². The van der Waals surface area contributed by atoms with Crippen molar-refractivity contribution in [3.05, 3.63) is 65.7 Å². The molecule has 8 heteroatoms. The van der Waals surface area contributed by atoms with Crippen molar-refractivity contribution in [2.24, 2.45) is 5.73 Å². The summed E-state index contributed by atoms with van der Waals surface area (Å²) in [5, 5.41) is 2.66. The molecule has 2 aromatic rings. The highest BCUT2D eigenvalue weighted by Gasteiger charge is 2.18. The number of anilines is 1. The van der Waals surface area contributed by atoms with Crippen LogP contribution in [0.5, 0.6) is 0 Å². The smallest absolute Gasteiger partial charge is 0.338 e. The van der Waals surface area contributed by atoms with Crippen molar-refractivity contribution in [3.63, 3.8) is 0 Å². The molecule has 0 aromatic heterocycles. The largest absolute Gasteiger partial charge is 0.452 e. The zero-order valence-corrected chi connectivity index (χ0v) is 16.1. The van der Waals surface area contributed by atoms with E-state index in [4.69, 9.17) is 10.5 Å². The maximum absolute atomic E-state index is 12.6. The molecule has 0 spiro atoms. The molecule has 0 fully saturated rings. The fourth-order valence-electron chi connectivity index (χ4n) is 2.50. The number of nitrogens with one attached hydrogen (secondary N) is 1. The maximum Gasteiger partial charge on any atom is 0.338 e. The van der Waals surface area contributed by atoms with E-state index >= 15 is 0 Å². The van der Waals surface area contributed by atoms with Gasteiger partial charge in [0.1, 0.15) is 0 Å². The van der Waals surface area contributed by atoms with Gasteiger partial charge in [-0.3, -0.25) is 14.4 Å². The second-order valence-corrected chi connectivity index (χ2v) is 6.28. The summed E-state index contributed by atoms with van der Waals surface area (Å²) in [5.74, 6) is -1.79. The third kappa shape index (κ3) is 7.10. The van der Waals surface area contributed by atoms with Gasteiger partial charge in [-0.2, -0.15) is 0 Å². The molecule has 8 nitrogen and oxygen atoms in total. The Bertz CT molecular complexity index is 866. The number of esters is 1. The van der Waals surface area contributed by atoms with Gasteiger partial charge >= 0.3 is 5.97 Å². The summed E-state index contributed by atoms with van der Waals surface area (Å²) in [5.41, 5.74) is 6.88. The minimum atomic E-state index is -0.646. The maximum atomic E-state index is 12.6. The van der Waals surface area contributed by atoms with Crippen LogP contribution < -0.4 is 16.0 Å². The van der Waals surface area contributed by atoms with E-state index in [1.807, 2.05) is 0 Å². The van der Waals surface area contributed by atoms with Crippen LogP contribution in [0.15, 0.2) is 54.6 Å². The highest BCUT2D eigenvalue weighted by atomic mass is 16.5. The van der Waals surface area contributed by atoms with Crippen molar-refractivity contribution in [1.29, 1.82) is 0 Å². The lowest BCUT2D eigenvalue weighted by atomic mass is 10.1. The van der Waals surface area contributed by atoms with Crippen molar-refractivity contribution < 1.29 is 23.9 Å². The van der Waals surface area contributed by atoms with Crippen LogP contribution in [0.1, 0.15) is 29.3 Å². The third-order valence-corrected chi connectivity index (χ3v) is 4.01. The molecule has 0 saturated carbocycles. The fraction of sp³-hybridized carbons (Fsp3) is 0.238. The zero-order valence-electron chi connectivity index (χ0n) is 16.1. The van der Waals surface area contributed by atoms with Crippen LogP contribution in [0.25, 0.3) is 0 Å². The van der Waals surface area contributed by atoms with Gasteiger partial charge in [0.25, 0.3) is 5.91 Å². The number of rotatable bonds is 9. The van der Waals surface area contributed by atoms with Gasteiger partial charge in [0.05, 0.1) is 5.56 Å². The van der Waals surface area contributed by atoms with Crippen LogP contribution in [0.3, 0.4) is 0 Å². The van der Waals surface area contributed by atoms with Crippen molar-refractivity contribution in [2.45, 2.75) is 19.9 Å². The molecule has 0 radical (unpaired) electrons. The lowest BCUT2D eigenvalue weighted by Gasteiger charge is -2.22. The molecular formula is C21H23N3O5. The van der Waals surface area contributed by atoms with E-state index in [9.17, 15) is 19.2 Å². The predicted octanol–water partition coefficient (Wildman–Crippen LogP) is 1.39. The number of amides is 3. The van der Waals surface area contributed by atoms with Crippen LogP contribution in [0, 0.1) is 0 Å². The average molecular weight is 397 g/mol. The SMILES string of the molecule is CC(=O)NCc1ccc(C(=O)OCC(=O)N(CCC(N)=O)c2ccccc2)cc1. The highest BCUT2D eigenvalue weighted by Crippen LogP contribution is 2.14. The monoisotopic (exact) mass is 397 g/mol. The summed E-state index contributed by atoms with van der Waals surface area (Å²) >= 11 is 0. The molecule has 0 unspecified atom stereocenters. The number of carbonyl (C=O) groups excluding carboxylic acids is 4. The van der Waals surface area contributed by atoms with E-state index in [0.29, 0.717) is 12.2 Å². The average Bonchev–Trinajstić information content (AvgIpc) is 2.71. The standard InChI is InChI=1S/C21H23N3O5/c1-15(25)23-13-16-7-9-17(10-8-16)21(28)29-14-20(27)24(12-11-19(22)26)18-5-3-2-4-6-18/h2-10H,11-14H2,1H3,(H2,22,26)(H,23,25). The number of para-hydroxylation sites is 1. The minimum absolute atomic E-state index is 0.00958. The summed E-state index contributed by atoms with van der Waals surface area (Å²) in [6.07, 6.45) is -0.00958. The van der Waals surface area contributed by atoms with Gasteiger partial charge in [-0.1, -0.05) is 30.3 Å². The Morgan fingerprint density at radius 2 is 1.66 bits per heavy atom. The Balaban J connectivity index is 1.96. The summed E-state index contributed by atoms with van der Waals surface area (Å²) in [6, 6.07) is 15.3. The van der Waals surface area contributed by atoms with Gasteiger partial charge in [0.2, 0.25) is 11.8 Å². The van der Waals surface area contributed by atoms with Crippen molar-refractivity contribution >= 4 is 29.4 Å². The Morgan fingerprint density at radius 3 is 2.24 bits per heavy atom. The first kappa shape index (κ1) is 21.6. The zero-order chi connectivity index (χ0) is 21.2. The highest BCUT2D eigenvalue weighted by molar-refractivity contribution is 5.97. The number of carbonyl (C=O) groups is 4. The molecule has 0 aliphatic heterocycles. The molecule has 0 aliphatic rings. The molecule has 0 aliphatic carbocycles. The predicted molar refractivity (Wildman–Crippen MR) is 107 cm³/mol. The summed E-state index contributed by atoms with van der Waals surface area (Å²) in [6.45, 7) is 1.40. The molecule has 0 heterocycles. The van der Waals surface area contributed by atoms with Gasteiger partial charge in [-0.25, -0.2) is 4.79 Å². The second kappa shape index (κ2) is 10.6. The van der Waals surface area contributed by atoms with Gasteiger partial charge in [0.15, 0.2) is 6.61 Å². The number of primary amides is 1.